The summed E-state index contributed by atoms with van der Waals surface area (Å²) in [4.78, 5) is 14.4. The van der Waals surface area contributed by atoms with Gasteiger partial charge in [-0.2, -0.15) is 0 Å². The smallest absolute Gasteiger partial charge is 0.310 e. The topological polar surface area (TPSA) is 29.5 Å². The summed E-state index contributed by atoms with van der Waals surface area (Å²) in [6, 6.07) is 8.60. The SMILES string of the molecule is COC(=O)Cc1c(C)c2c(c(C)c1-c1ccc(C)cc1)CN(C)CC2. The van der Waals surface area contributed by atoms with Gasteiger partial charge in [-0.25, -0.2) is 0 Å². The van der Waals surface area contributed by atoms with Gasteiger partial charge in [0.1, 0.15) is 0 Å². The van der Waals surface area contributed by atoms with Crippen molar-refractivity contribution in [3.63, 3.8) is 0 Å². The highest BCUT2D eigenvalue weighted by molar-refractivity contribution is 5.82. The maximum absolute atomic E-state index is 12.1. The average Bonchev–Trinajstić information content (AvgIpc) is 2.60. The molecule has 0 bridgehead atoms. The van der Waals surface area contributed by atoms with E-state index in [2.05, 4.69) is 57.0 Å². The van der Waals surface area contributed by atoms with Gasteiger partial charge in [0.05, 0.1) is 13.5 Å². The van der Waals surface area contributed by atoms with Crippen molar-refractivity contribution in [1.29, 1.82) is 0 Å². The average molecular weight is 337 g/mol. The Morgan fingerprint density at radius 3 is 2.40 bits per heavy atom. The maximum Gasteiger partial charge on any atom is 0.310 e. The summed E-state index contributed by atoms with van der Waals surface area (Å²) in [5.74, 6) is -0.177. The molecule has 0 fully saturated rings. The van der Waals surface area contributed by atoms with E-state index in [1.54, 1.807) is 0 Å². The van der Waals surface area contributed by atoms with Crippen LogP contribution in [0.2, 0.25) is 0 Å². The summed E-state index contributed by atoms with van der Waals surface area (Å²) in [6.07, 6.45) is 1.37. The minimum absolute atomic E-state index is 0.177. The number of likely N-dealkylation sites (N-methyl/N-ethyl adjacent to an activating group) is 1. The Labute approximate surface area is 150 Å². The molecule has 0 N–H and O–H groups in total. The number of ether oxygens (including phenoxy) is 1. The molecule has 1 aliphatic heterocycles. The lowest BCUT2D eigenvalue weighted by atomic mass is 9.81. The lowest BCUT2D eigenvalue weighted by Gasteiger charge is -2.31. The van der Waals surface area contributed by atoms with Crippen molar-refractivity contribution in [2.24, 2.45) is 0 Å². The van der Waals surface area contributed by atoms with Crippen LogP contribution in [-0.2, 0) is 28.9 Å². The highest BCUT2D eigenvalue weighted by Crippen LogP contribution is 2.37. The predicted molar refractivity (Wildman–Crippen MR) is 102 cm³/mol. The Morgan fingerprint density at radius 2 is 1.76 bits per heavy atom. The van der Waals surface area contributed by atoms with Crippen LogP contribution in [0.25, 0.3) is 11.1 Å². The molecule has 3 rings (SSSR count). The summed E-state index contributed by atoms with van der Waals surface area (Å²) in [5, 5.41) is 0. The Balaban J connectivity index is 2.26. The van der Waals surface area contributed by atoms with Crippen molar-refractivity contribution in [2.45, 2.75) is 40.2 Å². The third-order valence-corrected chi connectivity index (χ3v) is 5.46. The van der Waals surface area contributed by atoms with Crippen LogP contribution < -0.4 is 0 Å². The molecule has 3 nitrogen and oxygen atoms in total. The van der Waals surface area contributed by atoms with Crippen LogP contribution >= 0.6 is 0 Å². The molecule has 0 spiro atoms. The molecule has 0 aliphatic carbocycles. The summed E-state index contributed by atoms with van der Waals surface area (Å²) in [7, 11) is 3.63. The Hall–Kier alpha value is -2.13. The Morgan fingerprint density at radius 1 is 1.08 bits per heavy atom. The van der Waals surface area contributed by atoms with E-state index in [0.29, 0.717) is 6.42 Å². The maximum atomic E-state index is 12.1. The molecule has 1 aliphatic rings. The van der Waals surface area contributed by atoms with Gasteiger partial charge in [0.25, 0.3) is 0 Å². The zero-order valence-electron chi connectivity index (χ0n) is 15.9. The van der Waals surface area contributed by atoms with Crippen molar-refractivity contribution in [3.8, 4) is 11.1 Å². The van der Waals surface area contributed by atoms with E-state index in [1.807, 2.05) is 0 Å². The van der Waals surface area contributed by atoms with Crippen molar-refractivity contribution >= 4 is 5.97 Å². The molecule has 0 unspecified atom stereocenters. The molecule has 0 saturated heterocycles. The number of esters is 1. The molecule has 0 aromatic heterocycles. The van der Waals surface area contributed by atoms with Crippen molar-refractivity contribution in [2.75, 3.05) is 20.7 Å². The summed E-state index contributed by atoms with van der Waals surface area (Å²) in [6.45, 7) is 8.50. The van der Waals surface area contributed by atoms with Crippen LogP contribution in [0.4, 0.5) is 0 Å². The number of benzene rings is 2. The van der Waals surface area contributed by atoms with Crippen LogP contribution in [0.5, 0.6) is 0 Å². The number of nitrogens with zero attached hydrogens (tertiary/aromatic N) is 1. The summed E-state index contributed by atoms with van der Waals surface area (Å²) < 4.78 is 4.97. The van der Waals surface area contributed by atoms with Gasteiger partial charge in [-0.1, -0.05) is 29.8 Å². The number of hydrogen-bond acceptors (Lipinski definition) is 3. The first-order valence-electron chi connectivity index (χ1n) is 8.88. The quantitative estimate of drug-likeness (QED) is 0.794. The fraction of sp³-hybridized carbons (Fsp3) is 0.409. The predicted octanol–water partition coefficient (Wildman–Crippen LogP) is 3.98. The van der Waals surface area contributed by atoms with Gasteiger partial charge in [0, 0.05) is 13.1 Å². The van der Waals surface area contributed by atoms with Crippen molar-refractivity contribution in [3.05, 3.63) is 57.6 Å². The second kappa shape index (κ2) is 7.01. The molecule has 0 radical (unpaired) electrons. The van der Waals surface area contributed by atoms with Gasteiger partial charge in [-0.15, -0.1) is 0 Å². The first-order valence-corrected chi connectivity index (χ1v) is 8.88. The number of methoxy groups -OCH3 is 1. The van der Waals surface area contributed by atoms with E-state index in [9.17, 15) is 4.79 Å². The van der Waals surface area contributed by atoms with E-state index in [-0.39, 0.29) is 5.97 Å². The van der Waals surface area contributed by atoms with Crippen LogP contribution in [0.3, 0.4) is 0 Å². The molecule has 2 aromatic rings. The highest BCUT2D eigenvalue weighted by atomic mass is 16.5. The Kier molecular flexibility index (Phi) is 4.96. The molecular formula is C22H27NO2. The van der Waals surface area contributed by atoms with Gasteiger partial charge in [0.2, 0.25) is 0 Å². The normalized spacial score (nSPS) is 14.3. The Bertz CT molecular complexity index is 806. The summed E-state index contributed by atoms with van der Waals surface area (Å²) in [5.41, 5.74) is 10.2. The fourth-order valence-corrected chi connectivity index (χ4v) is 3.95. The number of carbonyl (C=O) groups is 1. The van der Waals surface area contributed by atoms with Crippen LogP contribution in [0, 0.1) is 20.8 Å². The van der Waals surface area contributed by atoms with E-state index >= 15 is 0 Å². The van der Waals surface area contributed by atoms with Gasteiger partial charge in [0.15, 0.2) is 0 Å². The summed E-state index contributed by atoms with van der Waals surface area (Å²) >= 11 is 0. The number of aryl methyl sites for hydroxylation is 1. The standard InChI is InChI=1S/C22H27NO2/c1-14-6-8-17(9-7-14)22-16(3)20-13-23(4)11-10-18(20)15(2)19(22)12-21(24)25-5/h6-9H,10-13H2,1-5H3. The minimum atomic E-state index is -0.177. The molecule has 0 atom stereocenters. The first kappa shape index (κ1) is 17.7. The third kappa shape index (κ3) is 3.34. The number of hydrogen-bond donors (Lipinski definition) is 0. The second-order valence-corrected chi connectivity index (χ2v) is 7.17. The zero-order valence-corrected chi connectivity index (χ0v) is 15.9. The molecule has 132 valence electrons. The fourth-order valence-electron chi connectivity index (χ4n) is 3.95. The van der Waals surface area contributed by atoms with E-state index in [4.69, 9.17) is 4.74 Å². The molecule has 2 aromatic carbocycles. The van der Waals surface area contributed by atoms with Crippen molar-refractivity contribution < 1.29 is 9.53 Å². The zero-order chi connectivity index (χ0) is 18.1. The number of carbonyl (C=O) groups excluding carboxylic acids is 1. The lowest BCUT2D eigenvalue weighted by Crippen LogP contribution is -2.29. The monoisotopic (exact) mass is 337 g/mol. The lowest BCUT2D eigenvalue weighted by molar-refractivity contribution is -0.139. The largest absolute Gasteiger partial charge is 0.469 e. The third-order valence-electron chi connectivity index (χ3n) is 5.46. The molecule has 0 amide bonds. The molecular weight excluding hydrogens is 310 g/mol. The van der Waals surface area contributed by atoms with Crippen molar-refractivity contribution in [1.82, 2.24) is 4.90 Å². The number of rotatable bonds is 3. The van der Waals surface area contributed by atoms with Crippen LogP contribution in [0.15, 0.2) is 24.3 Å². The van der Waals surface area contributed by atoms with Crippen LogP contribution in [-0.4, -0.2) is 31.6 Å². The molecule has 25 heavy (non-hydrogen) atoms. The van der Waals surface area contributed by atoms with Gasteiger partial charge < -0.3 is 9.64 Å². The minimum Gasteiger partial charge on any atom is -0.469 e. The van der Waals surface area contributed by atoms with Crippen LogP contribution in [0.1, 0.15) is 33.4 Å². The highest BCUT2D eigenvalue weighted by Gasteiger charge is 2.25. The molecule has 1 heterocycles. The van der Waals surface area contributed by atoms with Gasteiger partial charge >= 0.3 is 5.97 Å². The molecule has 0 saturated carbocycles. The van der Waals surface area contributed by atoms with E-state index < -0.39 is 0 Å². The van der Waals surface area contributed by atoms with Gasteiger partial charge in [-0.3, -0.25) is 4.79 Å². The van der Waals surface area contributed by atoms with E-state index in [1.165, 1.54) is 46.1 Å². The number of fused-ring (bicyclic) bond motifs is 1. The van der Waals surface area contributed by atoms with Gasteiger partial charge in [-0.05, 0) is 73.2 Å². The molecule has 3 heteroatoms. The van der Waals surface area contributed by atoms with E-state index in [0.717, 1.165) is 25.1 Å². The first-order chi connectivity index (χ1) is 11.9. The second-order valence-electron chi connectivity index (χ2n) is 7.17.